The van der Waals surface area contributed by atoms with Gasteiger partial charge in [0, 0.05) is 41.8 Å². The number of aromatic nitrogens is 1. The maximum atomic E-state index is 11.1. The van der Waals surface area contributed by atoms with Crippen molar-refractivity contribution in [2.24, 2.45) is 7.05 Å². The van der Waals surface area contributed by atoms with Crippen molar-refractivity contribution in [1.29, 1.82) is 0 Å². The van der Waals surface area contributed by atoms with Crippen LogP contribution in [0.1, 0.15) is 10.4 Å². The Morgan fingerprint density at radius 3 is 2.75 bits per heavy atom. The number of carbonyl (C=O) groups excluding carboxylic acids is 1. The second kappa shape index (κ2) is 3.48. The third-order valence-electron chi connectivity index (χ3n) is 2.45. The number of rotatable bonds is 2. The van der Waals surface area contributed by atoms with Gasteiger partial charge in [0.05, 0.1) is 4.92 Å². The summed E-state index contributed by atoms with van der Waals surface area (Å²) < 4.78 is 1.71. The van der Waals surface area contributed by atoms with Crippen LogP contribution in [0, 0.1) is 10.1 Å². The van der Waals surface area contributed by atoms with Gasteiger partial charge in [0.25, 0.3) is 5.69 Å². The first kappa shape index (κ1) is 10.4. The molecule has 0 aliphatic rings. The summed E-state index contributed by atoms with van der Waals surface area (Å²) in [5.41, 5.74) is 0.382. The second-order valence-electron chi connectivity index (χ2n) is 3.48. The minimum absolute atomic E-state index is 0.0544. The number of hydrogen-bond acceptors (Lipinski definition) is 3. The van der Waals surface area contributed by atoms with E-state index in [-0.39, 0.29) is 5.69 Å². The van der Waals surface area contributed by atoms with Gasteiger partial charge in [-0.3, -0.25) is 10.1 Å². The van der Waals surface area contributed by atoms with Gasteiger partial charge in [-0.2, -0.15) is 0 Å². The maximum absolute atomic E-state index is 11.1. The fourth-order valence-electron chi connectivity index (χ4n) is 1.69. The zero-order valence-corrected chi connectivity index (χ0v) is 8.51. The van der Waals surface area contributed by atoms with E-state index in [9.17, 15) is 14.9 Å². The van der Waals surface area contributed by atoms with E-state index in [1.54, 1.807) is 23.9 Å². The Morgan fingerprint density at radius 2 is 2.19 bits per heavy atom. The number of nitro groups is 1. The van der Waals surface area contributed by atoms with E-state index < -0.39 is 10.6 Å². The molecule has 16 heavy (non-hydrogen) atoms. The molecule has 1 aromatic heterocycles. The van der Waals surface area contributed by atoms with Crippen molar-refractivity contribution in [3.63, 3.8) is 0 Å². The highest BCUT2D eigenvalue weighted by Crippen LogP contribution is 2.25. The van der Waals surface area contributed by atoms with Gasteiger partial charge in [0.2, 0.25) is 0 Å². The molecule has 6 heteroatoms. The molecular formula is C10H7BN2O3. The first-order chi connectivity index (χ1) is 7.50. The van der Waals surface area contributed by atoms with Crippen LogP contribution in [0.15, 0.2) is 24.4 Å². The maximum Gasteiger partial charge on any atom is 0.270 e. The largest absolute Gasteiger partial charge is 0.350 e. The summed E-state index contributed by atoms with van der Waals surface area (Å²) in [4.78, 5) is 21.3. The van der Waals surface area contributed by atoms with Crippen molar-refractivity contribution in [3.8, 4) is 0 Å². The van der Waals surface area contributed by atoms with Gasteiger partial charge < -0.3 is 9.36 Å². The van der Waals surface area contributed by atoms with E-state index in [2.05, 4.69) is 0 Å². The molecule has 2 rings (SSSR count). The van der Waals surface area contributed by atoms with Crippen molar-refractivity contribution in [3.05, 3.63) is 40.1 Å². The lowest BCUT2D eigenvalue weighted by Crippen LogP contribution is -1.95. The molecule has 0 saturated heterocycles. The number of carbonyl (C=O) groups is 1. The van der Waals surface area contributed by atoms with Gasteiger partial charge in [0.1, 0.15) is 5.68 Å². The van der Waals surface area contributed by atoms with Crippen LogP contribution in [0.25, 0.3) is 10.9 Å². The highest BCUT2D eigenvalue weighted by atomic mass is 16.6. The standard InChI is InChI=1S/C10H7BN2O3/c1-12-5-8(10(11)14)7-4-6(13(15)16)2-3-9(7)12/h2-5H,1H3. The van der Waals surface area contributed by atoms with Gasteiger partial charge in [-0.05, 0) is 6.07 Å². The fourth-order valence-corrected chi connectivity index (χ4v) is 1.69. The molecule has 0 atom stereocenters. The average molecular weight is 214 g/mol. The van der Waals surface area contributed by atoms with Crippen LogP contribution >= 0.6 is 0 Å². The summed E-state index contributed by atoms with van der Waals surface area (Å²) in [7, 11) is 6.95. The zero-order chi connectivity index (χ0) is 11.9. The van der Waals surface area contributed by atoms with E-state index in [4.69, 9.17) is 7.85 Å². The van der Waals surface area contributed by atoms with Gasteiger partial charge in [-0.25, -0.2) is 0 Å². The van der Waals surface area contributed by atoms with E-state index in [0.29, 0.717) is 10.9 Å². The molecule has 1 heterocycles. The molecule has 0 fully saturated rings. The minimum Gasteiger partial charge on any atom is -0.350 e. The molecule has 0 bridgehead atoms. The highest BCUT2D eigenvalue weighted by molar-refractivity contribution is 6.63. The van der Waals surface area contributed by atoms with Gasteiger partial charge in [0.15, 0.2) is 7.85 Å². The number of non-ortho nitro benzene ring substituents is 1. The molecular weight excluding hydrogens is 207 g/mol. The molecule has 1 aromatic carbocycles. The Bertz CT molecular complexity index is 603. The third-order valence-corrected chi connectivity index (χ3v) is 2.45. The van der Waals surface area contributed by atoms with E-state index in [0.717, 1.165) is 5.52 Å². The number of fused-ring (bicyclic) bond motifs is 1. The fraction of sp³-hybridized carbons (Fsp3) is 0.100. The van der Waals surface area contributed by atoms with Crippen molar-refractivity contribution >= 4 is 30.1 Å². The SMILES string of the molecule is [B]C(=O)c1cn(C)c2ccc([N+](=O)[O-])cc12. The smallest absolute Gasteiger partial charge is 0.270 e. The van der Waals surface area contributed by atoms with Crippen molar-refractivity contribution in [2.45, 2.75) is 0 Å². The van der Waals surface area contributed by atoms with Crippen LogP contribution in [0.2, 0.25) is 0 Å². The first-order valence-electron chi connectivity index (χ1n) is 4.54. The summed E-state index contributed by atoms with van der Waals surface area (Å²) >= 11 is 0. The Labute approximate surface area is 92.2 Å². The predicted octanol–water partition coefficient (Wildman–Crippen LogP) is 1.40. The summed E-state index contributed by atoms with van der Waals surface area (Å²) in [6, 6.07) is 4.35. The molecule has 0 aliphatic heterocycles. The molecule has 2 aromatic rings. The Kier molecular flexibility index (Phi) is 2.27. The number of nitro benzene ring substituents is 1. The van der Waals surface area contributed by atoms with Crippen LogP contribution in [0.5, 0.6) is 0 Å². The van der Waals surface area contributed by atoms with Crippen molar-refractivity contribution < 1.29 is 9.72 Å². The van der Waals surface area contributed by atoms with Gasteiger partial charge >= 0.3 is 0 Å². The van der Waals surface area contributed by atoms with Crippen LogP contribution in [-0.4, -0.2) is 23.0 Å². The van der Waals surface area contributed by atoms with Crippen molar-refractivity contribution in [1.82, 2.24) is 4.57 Å². The first-order valence-corrected chi connectivity index (χ1v) is 4.54. The van der Waals surface area contributed by atoms with E-state index in [1.165, 1.54) is 12.1 Å². The summed E-state index contributed by atoms with van der Waals surface area (Å²) in [5.74, 6) is 0. The second-order valence-corrected chi connectivity index (χ2v) is 3.48. The van der Waals surface area contributed by atoms with Crippen molar-refractivity contribution in [2.75, 3.05) is 0 Å². The molecule has 0 N–H and O–H groups in total. The number of nitrogens with zero attached hydrogens (tertiary/aromatic N) is 2. The number of hydrogen-bond donors (Lipinski definition) is 0. The lowest BCUT2D eigenvalue weighted by atomic mass is 9.94. The molecule has 5 nitrogen and oxygen atoms in total. The van der Waals surface area contributed by atoms with Gasteiger partial charge in [-0.1, -0.05) is 0 Å². The molecule has 2 radical (unpaired) electrons. The molecule has 0 unspecified atom stereocenters. The van der Waals surface area contributed by atoms with E-state index in [1.807, 2.05) is 0 Å². The Balaban J connectivity index is 2.79. The zero-order valence-electron chi connectivity index (χ0n) is 8.51. The van der Waals surface area contributed by atoms with Crippen LogP contribution < -0.4 is 0 Å². The summed E-state index contributed by atoms with van der Waals surface area (Å²) in [5, 5.41) is 11.1. The van der Waals surface area contributed by atoms with Crippen LogP contribution in [0.4, 0.5) is 5.69 Å². The lowest BCUT2D eigenvalue weighted by molar-refractivity contribution is -0.384. The van der Waals surface area contributed by atoms with Gasteiger partial charge in [-0.15, -0.1) is 0 Å². The highest BCUT2D eigenvalue weighted by Gasteiger charge is 2.13. The summed E-state index contributed by atoms with van der Waals surface area (Å²) in [6.45, 7) is 0. The molecule has 0 aliphatic carbocycles. The van der Waals surface area contributed by atoms with E-state index >= 15 is 0 Å². The average Bonchev–Trinajstić information content (AvgIpc) is 2.56. The molecule has 78 valence electrons. The van der Waals surface area contributed by atoms with Crippen LogP contribution in [-0.2, 0) is 7.05 Å². The third kappa shape index (κ3) is 1.48. The monoisotopic (exact) mass is 214 g/mol. The molecule has 0 amide bonds. The number of benzene rings is 1. The molecule has 0 saturated carbocycles. The predicted molar refractivity (Wildman–Crippen MR) is 59.7 cm³/mol. The van der Waals surface area contributed by atoms with Crippen LogP contribution in [0.3, 0.4) is 0 Å². The topological polar surface area (TPSA) is 65.1 Å². The summed E-state index contributed by atoms with van der Waals surface area (Å²) in [6.07, 6.45) is 1.57. The minimum atomic E-state index is -0.592. The molecule has 0 spiro atoms. The quantitative estimate of drug-likeness (QED) is 0.431. The number of aryl methyl sites for hydroxylation is 1. The Morgan fingerprint density at radius 1 is 1.50 bits per heavy atom. The normalized spacial score (nSPS) is 10.6. The Hall–Kier alpha value is -2.11. The lowest BCUT2D eigenvalue weighted by Gasteiger charge is -1.96.